The smallest absolute Gasteiger partial charge is 0.142 e. The summed E-state index contributed by atoms with van der Waals surface area (Å²) in [6, 6.07) is 17.0. The number of aromatic amines is 1. The number of fused-ring (bicyclic) bond motifs is 1. The molecule has 0 aliphatic carbocycles. The van der Waals surface area contributed by atoms with Crippen LogP contribution in [0.2, 0.25) is 0 Å². The number of benzene rings is 2. The molecule has 0 amide bonds. The van der Waals surface area contributed by atoms with Gasteiger partial charge in [-0.3, -0.25) is 4.90 Å². The van der Waals surface area contributed by atoms with Crippen LogP contribution < -0.4 is 4.74 Å². The second-order valence-corrected chi connectivity index (χ2v) is 7.03. The lowest BCUT2D eigenvalue weighted by Gasteiger charge is -2.26. The van der Waals surface area contributed by atoms with Crippen LogP contribution in [-0.2, 0) is 13.0 Å². The molecule has 0 atom stereocenters. The molecule has 4 rings (SSSR count). The van der Waals surface area contributed by atoms with Gasteiger partial charge >= 0.3 is 0 Å². The first-order valence-corrected chi connectivity index (χ1v) is 9.40. The van der Waals surface area contributed by atoms with Crippen LogP contribution in [0.15, 0.2) is 66.4 Å². The van der Waals surface area contributed by atoms with Gasteiger partial charge in [0.25, 0.3) is 0 Å². The molecular formula is C23H26N2O. The standard InChI is InChI=1S/C23H26N2O/c1-26-22-9-5-8-21-20(16-24-23(21)22)17-25-14-12-19(13-15-25)11-10-18-6-3-2-4-7-18/h2-9,12,16,24H,10-11,13-15,17H2,1H3. The summed E-state index contributed by atoms with van der Waals surface area (Å²) in [7, 11) is 1.72. The average molecular weight is 346 g/mol. The van der Waals surface area contributed by atoms with E-state index in [4.69, 9.17) is 4.74 Å². The third-order valence-electron chi connectivity index (χ3n) is 5.34. The van der Waals surface area contributed by atoms with E-state index in [1.165, 1.54) is 29.4 Å². The van der Waals surface area contributed by atoms with Crippen molar-refractivity contribution in [1.29, 1.82) is 0 Å². The molecular weight excluding hydrogens is 320 g/mol. The molecule has 3 aromatic rings. The first kappa shape index (κ1) is 16.9. The average Bonchev–Trinajstić information content (AvgIpc) is 3.11. The molecule has 0 radical (unpaired) electrons. The molecule has 0 saturated carbocycles. The van der Waals surface area contributed by atoms with Crippen molar-refractivity contribution in [1.82, 2.24) is 9.88 Å². The van der Waals surface area contributed by atoms with Crippen LogP contribution in [0, 0.1) is 0 Å². The van der Waals surface area contributed by atoms with Gasteiger partial charge in [0.1, 0.15) is 5.75 Å². The Bertz CT molecular complexity index is 895. The predicted octanol–water partition coefficient (Wildman–Crippen LogP) is 4.94. The second-order valence-electron chi connectivity index (χ2n) is 7.03. The number of hydrogen-bond donors (Lipinski definition) is 1. The Morgan fingerprint density at radius 3 is 2.69 bits per heavy atom. The van der Waals surface area contributed by atoms with Crippen molar-refractivity contribution in [3.05, 3.63) is 77.5 Å². The van der Waals surface area contributed by atoms with Crippen LogP contribution in [0.25, 0.3) is 10.9 Å². The van der Waals surface area contributed by atoms with E-state index >= 15 is 0 Å². The zero-order chi connectivity index (χ0) is 17.8. The van der Waals surface area contributed by atoms with Crippen molar-refractivity contribution < 1.29 is 4.74 Å². The maximum Gasteiger partial charge on any atom is 0.142 e. The van der Waals surface area contributed by atoms with Gasteiger partial charge < -0.3 is 9.72 Å². The van der Waals surface area contributed by atoms with Gasteiger partial charge in [0.2, 0.25) is 0 Å². The Balaban J connectivity index is 1.37. The quantitative estimate of drug-likeness (QED) is 0.640. The fraction of sp³-hybridized carbons (Fsp3) is 0.304. The first-order chi connectivity index (χ1) is 12.8. The van der Waals surface area contributed by atoms with Crippen molar-refractivity contribution in [2.75, 3.05) is 20.2 Å². The molecule has 1 aromatic heterocycles. The van der Waals surface area contributed by atoms with Crippen LogP contribution in [0.1, 0.15) is 24.0 Å². The molecule has 0 fully saturated rings. The number of rotatable bonds is 6. The molecule has 1 N–H and O–H groups in total. The van der Waals surface area contributed by atoms with Gasteiger partial charge in [0, 0.05) is 31.2 Å². The normalized spacial score (nSPS) is 15.2. The van der Waals surface area contributed by atoms with E-state index in [1.54, 1.807) is 12.7 Å². The maximum absolute atomic E-state index is 5.45. The second kappa shape index (κ2) is 7.79. The minimum absolute atomic E-state index is 0.912. The summed E-state index contributed by atoms with van der Waals surface area (Å²) < 4.78 is 5.45. The summed E-state index contributed by atoms with van der Waals surface area (Å²) in [5.41, 5.74) is 5.48. The monoisotopic (exact) mass is 346 g/mol. The number of hydrogen-bond acceptors (Lipinski definition) is 2. The molecule has 0 saturated heterocycles. The molecule has 134 valence electrons. The third-order valence-corrected chi connectivity index (χ3v) is 5.34. The molecule has 3 nitrogen and oxygen atoms in total. The Kier molecular flexibility index (Phi) is 5.07. The van der Waals surface area contributed by atoms with E-state index in [-0.39, 0.29) is 0 Å². The van der Waals surface area contributed by atoms with E-state index in [2.05, 4.69) is 64.6 Å². The molecule has 2 heterocycles. The van der Waals surface area contributed by atoms with Crippen molar-refractivity contribution in [2.24, 2.45) is 0 Å². The summed E-state index contributed by atoms with van der Waals surface area (Å²) in [5.74, 6) is 0.912. The van der Waals surface area contributed by atoms with E-state index in [0.717, 1.165) is 37.3 Å². The Morgan fingerprint density at radius 1 is 1.04 bits per heavy atom. The van der Waals surface area contributed by atoms with E-state index in [9.17, 15) is 0 Å². The van der Waals surface area contributed by atoms with Crippen molar-refractivity contribution in [3.8, 4) is 5.75 Å². The van der Waals surface area contributed by atoms with Gasteiger partial charge in [0.05, 0.1) is 12.6 Å². The maximum atomic E-state index is 5.45. The zero-order valence-corrected chi connectivity index (χ0v) is 15.4. The highest BCUT2D eigenvalue weighted by molar-refractivity contribution is 5.88. The SMILES string of the molecule is COc1cccc2c(CN3CC=C(CCc4ccccc4)CC3)c[nH]c12. The fourth-order valence-electron chi connectivity index (χ4n) is 3.80. The Hall–Kier alpha value is -2.52. The Morgan fingerprint density at radius 2 is 1.92 bits per heavy atom. The largest absolute Gasteiger partial charge is 0.495 e. The summed E-state index contributed by atoms with van der Waals surface area (Å²) in [6.07, 6.45) is 8.07. The number of methoxy groups -OCH3 is 1. The van der Waals surface area contributed by atoms with Crippen LogP contribution in [0.4, 0.5) is 0 Å². The van der Waals surface area contributed by atoms with Crippen molar-refractivity contribution >= 4 is 10.9 Å². The van der Waals surface area contributed by atoms with Crippen LogP contribution >= 0.6 is 0 Å². The molecule has 0 spiro atoms. The lowest BCUT2D eigenvalue weighted by Crippen LogP contribution is -2.28. The van der Waals surface area contributed by atoms with Crippen LogP contribution in [-0.4, -0.2) is 30.1 Å². The van der Waals surface area contributed by atoms with Gasteiger partial charge in [-0.15, -0.1) is 0 Å². The minimum atomic E-state index is 0.912. The minimum Gasteiger partial charge on any atom is -0.495 e. The van der Waals surface area contributed by atoms with Gasteiger partial charge in [0.15, 0.2) is 0 Å². The highest BCUT2D eigenvalue weighted by Gasteiger charge is 2.15. The van der Waals surface area contributed by atoms with Gasteiger partial charge in [-0.05, 0) is 36.5 Å². The molecule has 1 aliphatic heterocycles. The zero-order valence-electron chi connectivity index (χ0n) is 15.4. The highest BCUT2D eigenvalue weighted by Crippen LogP contribution is 2.28. The molecule has 0 unspecified atom stereocenters. The van der Waals surface area contributed by atoms with Gasteiger partial charge in [-0.25, -0.2) is 0 Å². The topological polar surface area (TPSA) is 28.3 Å². The van der Waals surface area contributed by atoms with E-state index < -0.39 is 0 Å². The van der Waals surface area contributed by atoms with Gasteiger partial charge in [-0.2, -0.15) is 0 Å². The van der Waals surface area contributed by atoms with Crippen molar-refractivity contribution in [3.63, 3.8) is 0 Å². The summed E-state index contributed by atoms with van der Waals surface area (Å²) in [5, 5.41) is 1.27. The lowest BCUT2D eigenvalue weighted by atomic mass is 9.99. The summed E-state index contributed by atoms with van der Waals surface area (Å²) >= 11 is 0. The molecule has 26 heavy (non-hydrogen) atoms. The number of aromatic nitrogens is 1. The predicted molar refractivity (Wildman–Crippen MR) is 108 cm³/mol. The first-order valence-electron chi connectivity index (χ1n) is 9.40. The highest BCUT2D eigenvalue weighted by atomic mass is 16.5. The van der Waals surface area contributed by atoms with E-state index in [1.807, 2.05) is 6.07 Å². The van der Waals surface area contributed by atoms with E-state index in [0.29, 0.717) is 0 Å². The van der Waals surface area contributed by atoms with Crippen LogP contribution in [0.5, 0.6) is 5.75 Å². The number of aryl methyl sites for hydroxylation is 1. The number of nitrogens with one attached hydrogen (secondary N) is 1. The Labute approximate surface area is 155 Å². The van der Waals surface area contributed by atoms with Crippen molar-refractivity contribution in [2.45, 2.75) is 25.8 Å². The summed E-state index contributed by atoms with van der Waals surface area (Å²) in [4.78, 5) is 5.90. The third kappa shape index (κ3) is 3.68. The van der Waals surface area contributed by atoms with Crippen LogP contribution in [0.3, 0.4) is 0 Å². The van der Waals surface area contributed by atoms with Gasteiger partial charge in [-0.1, -0.05) is 54.1 Å². The fourth-order valence-corrected chi connectivity index (χ4v) is 3.80. The molecule has 1 aliphatic rings. The molecule has 3 heteroatoms. The summed E-state index contributed by atoms with van der Waals surface area (Å²) in [6.45, 7) is 3.16. The molecule has 0 bridgehead atoms. The molecule has 2 aromatic carbocycles. The number of ether oxygens (including phenoxy) is 1. The lowest BCUT2D eigenvalue weighted by molar-refractivity contribution is 0.285. The number of nitrogens with zero attached hydrogens (tertiary/aromatic N) is 1. The number of para-hydroxylation sites is 1. The number of H-pyrrole nitrogens is 1.